The van der Waals surface area contributed by atoms with Crippen LogP contribution in [0.25, 0.3) is 16.6 Å². The van der Waals surface area contributed by atoms with Crippen LogP contribution in [0.15, 0.2) is 54.7 Å². The minimum atomic E-state index is -0.706. The lowest BCUT2D eigenvalue weighted by atomic mass is 10.2. The van der Waals surface area contributed by atoms with E-state index in [9.17, 15) is 13.6 Å². The van der Waals surface area contributed by atoms with Crippen molar-refractivity contribution in [1.29, 1.82) is 0 Å². The third-order valence-electron chi connectivity index (χ3n) is 4.26. The van der Waals surface area contributed by atoms with Gasteiger partial charge in [-0.1, -0.05) is 17.7 Å². The van der Waals surface area contributed by atoms with Gasteiger partial charge in [-0.25, -0.2) is 13.5 Å². The van der Waals surface area contributed by atoms with Crippen molar-refractivity contribution in [2.24, 2.45) is 0 Å². The smallest absolute Gasteiger partial charge is 0.268 e. The van der Waals surface area contributed by atoms with Crippen molar-refractivity contribution in [2.75, 3.05) is 0 Å². The minimum Gasteiger partial charge on any atom is -0.351 e. The van der Waals surface area contributed by atoms with Gasteiger partial charge in [-0.15, -0.1) is 0 Å². The van der Waals surface area contributed by atoms with Crippen LogP contribution in [0.2, 0.25) is 0 Å². The predicted molar refractivity (Wildman–Crippen MR) is 97.7 cm³/mol. The SMILES string of the molecule is Cc1ccc2[nH]c(C(=O)NCc3ccn(-c4c(F)cccc4F)n3)cc2c1. The predicted octanol–water partition coefficient (Wildman–Crippen LogP) is 3.87. The van der Waals surface area contributed by atoms with Crippen LogP contribution >= 0.6 is 0 Å². The number of nitrogens with zero attached hydrogens (tertiary/aromatic N) is 2. The molecule has 0 saturated carbocycles. The molecule has 136 valence electrons. The van der Waals surface area contributed by atoms with E-state index in [0.717, 1.165) is 21.1 Å². The van der Waals surface area contributed by atoms with Gasteiger partial charge in [-0.3, -0.25) is 4.79 Å². The number of hydrogen-bond acceptors (Lipinski definition) is 2. The summed E-state index contributed by atoms with van der Waals surface area (Å²) < 4.78 is 28.8. The standard InChI is InChI=1S/C20H16F2N4O/c1-12-5-6-17-13(9-12)10-18(24-17)20(27)23-11-14-7-8-26(25-14)19-15(21)3-2-4-16(19)22/h2-10,24H,11H2,1H3,(H,23,27). The first kappa shape index (κ1) is 17.0. The lowest BCUT2D eigenvalue weighted by Crippen LogP contribution is -2.23. The molecule has 1 amide bonds. The van der Waals surface area contributed by atoms with Gasteiger partial charge in [0.25, 0.3) is 5.91 Å². The lowest BCUT2D eigenvalue weighted by Gasteiger charge is -2.04. The highest BCUT2D eigenvalue weighted by molar-refractivity contribution is 5.98. The number of fused-ring (bicyclic) bond motifs is 1. The highest BCUT2D eigenvalue weighted by Gasteiger charge is 2.13. The zero-order valence-electron chi connectivity index (χ0n) is 14.5. The molecule has 2 aromatic heterocycles. The molecule has 0 aliphatic heterocycles. The molecule has 4 aromatic rings. The molecule has 5 nitrogen and oxygen atoms in total. The highest BCUT2D eigenvalue weighted by Crippen LogP contribution is 2.18. The van der Waals surface area contributed by atoms with E-state index >= 15 is 0 Å². The van der Waals surface area contributed by atoms with Gasteiger partial charge >= 0.3 is 0 Å². The van der Waals surface area contributed by atoms with Gasteiger partial charge in [-0.2, -0.15) is 5.10 Å². The second-order valence-electron chi connectivity index (χ2n) is 6.28. The van der Waals surface area contributed by atoms with Crippen molar-refractivity contribution in [2.45, 2.75) is 13.5 Å². The molecule has 0 bridgehead atoms. The molecule has 0 radical (unpaired) electrons. The number of halogens is 2. The number of benzene rings is 2. The molecule has 0 unspecified atom stereocenters. The Morgan fingerprint density at radius 2 is 1.93 bits per heavy atom. The van der Waals surface area contributed by atoms with Crippen molar-refractivity contribution in [1.82, 2.24) is 20.1 Å². The Bertz CT molecular complexity index is 1130. The number of rotatable bonds is 4. The number of carbonyl (C=O) groups excluding carboxylic acids is 1. The fourth-order valence-corrected chi connectivity index (χ4v) is 2.93. The fraction of sp³-hybridized carbons (Fsp3) is 0.100. The summed E-state index contributed by atoms with van der Waals surface area (Å²) in [7, 11) is 0. The van der Waals surface area contributed by atoms with Gasteiger partial charge in [0.1, 0.15) is 11.4 Å². The maximum absolute atomic E-state index is 13.8. The second kappa shape index (κ2) is 6.68. The van der Waals surface area contributed by atoms with Gasteiger partial charge in [-0.05, 0) is 43.3 Å². The van der Waals surface area contributed by atoms with Crippen molar-refractivity contribution in [3.63, 3.8) is 0 Å². The summed E-state index contributed by atoms with van der Waals surface area (Å²) in [6.07, 6.45) is 1.45. The molecule has 2 aromatic carbocycles. The molecule has 0 aliphatic carbocycles. The van der Waals surface area contributed by atoms with E-state index < -0.39 is 11.6 Å². The van der Waals surface area contributed by atoms with Crippen molar-refractivity contribution in [3.05, 3.63) is 83.3 Å². The molecule has 0 aliphatic rings. The van der Waals surface area contributed by atoms with Crippen molar-refractivity contribution in [3.8, 4) is 5.69 Å². The highest BCUT2D eigenvalue weighted by atomic mass is 19.1. The molecule has 4 rings (SSSR count). The third-order valence-corrected chi connectivity index (χ3v) is 4.26. The first-order chi connectivity index (χ1) is 13.0. The Morgan fingerprint density at radius 3 is 2.70 bits per heavy atom. The number of para-hydroxylation sites is 1. The molecule has 0 fully saturated rings. The van der Waals surface area contributed by atoms with Crippen LogP contribution in [0.5, 0.6) is 0 Å². The van der Waals surface area contributed by atoms with Gasteiger partial charge in [0.15, 0.2) is 11.6 Å². The number of H-pyrrole nitrogens is 1. The molecule has 2 N–H and O–H groups in total. The van der Waals surface area contributed by atoms with Crippen LogP contribution in [-0.2, 0) is 6.54 Å². The van der Waals surface area contributed by atoms with E-state index in [4.69, 9.17) is 0 Å². The van der Waals surface area contributed by atoms with Crippen LogP contribution in [0, 0.1) is 18.6 Å². The maximum atomic E-state index is 13.8. The first-order valence-corrected chi connectivity index (χ1v) is 8.38. The molecule has 27 heavy (non-hydrogen) atoms. The summed E-state index contributed by atoms with van der Waals surface area (Å²) in [6.45, 7) is 2.12. The van der Waals surface area contributed by atoms with E-state index in [1.807, 2.05) is 25.1 Å². The summed E-state index contributed by atoms with van der Waals surface area (Å²) in [5, 5.41) is 7.84. The normalized spacial score (nSPS) is 11.1. The minimum absolute atomic E-state index is 0.135. The molecule has 2 heterocycles. The maximum Gasteiger partial charge on any atom is 0.268 e. The number of nitrogens with one attached hydrogen (secondary N) is 2. The zero-order valence-corrected chi connectivity index (χ0v) is 14.5. The van der Waals surface area contributed by atoms with E-state index in [2.05, 4.69) is 15.4 Å². The molecule has 0 spiro atoms. The van der Waals surface area contributed by atoms with Crippen LogP contribution in [0.4, 0.5) is 8.78 Å². The second-order valence-corrected chi connectivity index (χ2v) is 6.28. The van der Waals surface area contributed by atoms with Gasteiger partial charge in [0.05, 0.1) is 12.2 Å². The Kier molecular flexibility index (Phi) is 4.19. The monoisotopic (exact) mass is 366 g/mol. The van der Waals surface area contributed by atoms with Crippen LogP contribution in [0.1, 0.15) is 21.7 Å². The third kappa shape index (κ3) is 3.31. The number of aryl methyl sites for hydroxylation is 1. The van der Waals surface area contributed by atoms with E-state index in [1.165, 1.54) is 24.4 Å². The summed E-state index contributed by atoms with van der Waals surface area (Å²) in [5.41, 5.74) is 2.67. The number of amides is 1. The number of carbonyl (C=O) groups is 1. The number of aromatic nitrogens is 3. The van der Waals surface area contributed by atoms with E-state index in [1.54, 1.807) is 12.1 Å². The van der Waals surface area contributed by atoms with Crippen molar-refractivity contribution >= 4 is 16.8 Å². The van der Waals surface area contributed by atoms with Crippen LogP contribution in [-0.4, -0.2) is 20.7 Å². The summed E-state index contributed by atoms with van der Waals surface area (Å²) in [6, 6.07) is 12.9. The average molecular weight is 366 g/mol. The van der Waals surface area contributed by atoms with E-state index in [0.29, 0.717) is 11.4 Å². The summed E-state index contributed by atoms with van der Waals surface area (Å²) in [4.78, 5) is 15.4. The number of hydrogen-bond donors (Lipinski definition) is 2. The molecule has 0 saturated heterocycles. The molecule has 7 heteroatoms. The molecular formula is C20H16F2N4O. The number of aromatic amines is 1. The molecule has 0 atom stereocenters. The Morgan fingerprint density at radius 1 is 1.15 bits per heavy atom. The first-order valence-electron chi connectivity index (χ1n) is 8.38. The van der Waals surface area contributed by atoms with Gasteiger partial charge in [0, 0.05) is 17.1 Å². The zero-order chi connectivity index (χ0) is 19.0. The van der Waals surface area contributed by atoms with E-state index in [-0.39, 0.29) is 18.1 Å². The quantitative estimate of drug-likeness (QED) is 0.576. The largest absolute Gasteiger partial charge is 0.351 e. The summed E-state index contributed by atoms with van der Waals surface area (Å²) >= 11 is 0. The van der Waals surface area contributed by atoms with Crippen LogP contribution in [0.3, 0.4) is 0 Å². The molecular weight excluding hydrogens is 350 g/mol. The lowest BCUT2D eigenvalue weighted by molar-refractivity contribution is 0.0946. The Hall–Kier alpha value is -3.48. The average Bonchev–Trinajstić information content (AvgIpc) is 3.26. The van der Waals surface area contributed by atoms with Gasteiger partial charge in [0.2, 0.25) is 0 Å². The summed E-state index contributed by atoms with van der Waals surface area (Å²) in [5.74, 6) is -1.69. The Labute approximate surface area is 153 Å². The topological polar surface area (TPSA) is 62.7 Å². The van der Waals surface area contributed by atoms with Gasteiger partial charge < -0.3 is 10.3 Å². The fourth-order valence-electron chi connectivity index (χ4n) is 2.93. The van der Waals surface area contributed by atoms with Crippen molar-refractivity contribution < 1.29 is 13.6 Å². The Balaban J connectivity index is 1.48. The van der Waals surface area contributed by atoms with Crippen LogP contribution < -0.4 is 5.32 Å².